The average molecular weight is 419 g/mol. The summed E-state index contributed by atoms with van der Waals surface area (Å²) in [5, 5.41) is 4.78. The van der Waals surface area contributed by atoms with E-state index in [1.165, 1.54) is 11.6 Å². The number of hydrogen-bond donors (Lipinski definition) is 0. The third-order valence-electron chi connectivity index (χ3n) is 3.89. The second-order valence-corrected chi connectivity index (χ2v) is 7.56. The van der Waals surface area contributed by atoms with Gasteiger partial charge in [-0.2, -0.15) is 18.3 Å². The lowest BCUT2D eigenvalue weighted by Gasteiger charge is -2.32. The Bertz CT molecular complexity index is 776. The number of carbonyl (C=O) groups is 3. The highest BCUT2D eigenvalue weighted by Crippen LogP contribution is 2.30. The molecule has 0 spiro atoms. The molecular weight excluding hydrogens is 399 g/mol. The Balaban J connectivity index is 2.17. The highest BCUT2D eigenvalue weighted by molar-refractivity contribution is 8.14. The second-order valence-electron chi connectivity index (χ2n) is 6.18. The first-order chi connectivity index (χ1) is 13.1. The number of hydroxylamine groups is 2. The maximum atomic E-state index is 12.4. The van der Waals surface area contributed by atoms with Crippen molar-refractivity contribution in [3.05, 3.63) is 23.5 Å². The molecule has 0 saturated carbocycles. The number of carbonyl (C=O) groups excluding carboxylic acids is 3. The summed E-state index contributed by atoms with van der Waals surface area (Å²) in [6, 6.07) is 1.66. The van der Waals surface area contributed by atoms with E-state index in [1.807, 2.05) is 0 Å². The number of aromatic nitrogens is 2. The molecule has 0 bridgehead atoms. The standard InChI is InChI=1S/C17H20F3N3O4S/c1-3-14(25)10-22-6-4-13(21-22)8-12-9-23(27-16(26)17(18,19)20)7-5-15(12)28-11(2)24/h4,6,8,15H,3,5,7,9-10H2,1-2H3/b12-8+. The number of ketones is 1. The molecule has 0 radical (unpaired) electrons. The number of nitrogens with zero attached hydrogens (tertiary/aromatic N) is 3. The predicted molar refractivity (Wildman–Crippen MR) is 95.9 cm³/mol. The Labute approximate surface area is 163 Å². The van der Waals surface area contributed by atoms with Crippen molar-refractivity contribution in [3.63, 3.8) is 0 Å². The summed E-state index contributed by atoms with van der Waals surface area (Å²) in [4.78, 5) is 38.5. The highest BCUT2D eigenvalue weighted by atomic mass is 32.2. The van der Waals surface area contributed by atoms with Gasteiger partial charge >= 0.3 is 12.1 Å². The zero-order chi connectivity index (χ0) is 20.9. The van der Waals surface area contributed by atoms with E-state index >= 15 is 0 Å². The van der Waals surface area contributed by atoms with Crippen LogP contribution in [0.1, 0.15) is 32.4 Å². The van der Waals surface area contributed by atoms with Crippen LogP contribution in [0, 0.1) is 0 Å². The number of Topliss-reactive ketones (excluding diaryl/α,β-unsaturated/α-hetero) is 1. The van der Waals surface area contributed by atoms with Crippen molar-refractivity contribution >= 4 is 34.7 Å². The number of thioether (sulfide) groups is 1. The fourth-order valence-electron chi connectivity index (χ4n) is 2.58. The van der Waals surface area contributed by atoms with Crippen molar-refractivity contribution < 1.29 is 32.4 Å². The maximum Gasteiger partial charge on any atom is 0.492 e. The van der Waals surface area contributed by atoms with Gasteiger partial charge in [0.1, 0.15) is 0 Å². The van der Waals surface area contributed by atoms with Crippen molar-refractivity contribution in [1.29, 1.82) is 0 Å². The first-order valence-corrected chi connectivity index (χ1v) is 9.43. The topological polar surface area (TPSA) is 81.5 Å². The molecule has 1 aliphatic heterocycles. The highest BCUT2D eigenvalue weighted by Gasteiger charge is 2.43. The number of hydrogen-bond acceptors (Lipinski definition) is 7. The summed E-state index contributed by atoms with van der Waals surface area (Å²) < 4.78 is 38.8. The maximum absolute atomic E-state index is 12.4. The number of alkyl halides is 3. The third kappa shape index (κ3) is 6.48. The zero-order valence-corrected chi connectivity index (χ0v) is 16.2. The van der Waals surface area contributed by atoms with Gasteiger partial charge in [0.25, 0.3) is 0 Å². The monoisotopic (exact) mass is 419 g/mol. The number of halogens is 3. The molecular formula is C17H20F3N3O4S. The number of rotatable bonds is 6. The molecule has 7 nitrogen and oxygen atoms in total. The van der Waals surface area contributed by atoms with Gasteiger partial charge in [0.15, 0.2) is 10.9 Å². The van der Waals surface area contributed by atoms with E-state index in [0.29, 0.717) is 24.1 Å². The van der Waals surface area contributed by atoms with E-state index in [-0.39, 0.29) is 35.8 Å². The van der Waals surface area contributed by atoms with Crippen LogP contribution in [0.15, 0.2) is 17.8 Å². The summed E-state index contributed by atoms with van der Waals surface area (Å²) in [7, 11) is 0. The normalized spacial score (nSPS) is 19.6. The van der Waals surface area contributed by atoms with Crippen molar-refractivity contribution in [2.75, 3.05) is 13.1 Å². The first kappa shape index (κ1) is 22.2. The Hall–Kier alpha value is -2.14. The van der Waals surface area contributed by atoms with Crippen LogP contribution < -0.4 is 0 Å². The third-order valence-corrected chi connectivity index (χ3v) is 5.05. The van der Waals surface area contributed by atoms with Crippen molar-refractivity contribution in [2.45, 2.75) is 44.7 Å². The largest absolute Gasteiger partial charge is 0.492 e. The van der Waals surface area contributed by atoms with E-state index in [2.05, 4.69) is 9.94 Å². The van der Waals surface area contributed by atoms with Crippen LogP contribution in [0.25, 0.3) is 6.08 Å². The molecule has 28 heavy (non-hydrogen) atoms. The van der Waals surface area contributed by atoms with Gasteiger partial charge in [0.05, 0.1) is 18.8 Å². The van der Waals surface area contributed by atoms with Crippen LogP contribution in [0.3, 0.4) is 0 Å². The summed E-state index contributed by atoms with van der Waals surface area (Å²) in [5.74, 6) is -2.28. The van der Waals surface area contributed by atoms with Crippen molar-refractivity contribution in [1.82, 2.24) is 14.8 Å². The van der Waals surface area contributed by atoms with Crippen LogP contribution in [0.5, 0.6) is 0 Å². The van der Waals surface area contributed by atoms with E-state index in [9.17, 15) is 27.6 Å². The minimum absolute atomic E-state index is 0.00946. The van der Waals surface area contributed by atoms with E-state index in [1.54, 1.807) is 25.3 Å². The van der Waals surface area contributed by atoms with Crippen LogP contribution in [0.2, 0.25) is 0 Å². The van der Waals surface area contributed by atoms with E-state index in [4.69, 9.17) is 0 Å². The molecule has 154 valence electrons. The van der Waals surface area contributed by atoms with Crippen molar-refractivity contribution in [3.8, 4) is 0 Å². The van der Waals surface area contributed by atoms with Gasteiger partial charge in [-0.1, -0.05) is 18.7 Å². The Kier molecular flexibility index (Phi) is 7.41. The van der Waals surface area contributed by atoms with E-state index in [0.717, 1.165) is 16.8 Å². The molecule has 2 rings (SSSR count). The fraction of sp³-hybridized carbons (Fsp3) is 0.529. The minimum atomic E-state index is -5.08. The van der Waals surface area contributed by atoms with Crippen LogP contribution >= 0.6 is 11.8 Å². The molecule has 1 saturated heterocycles. The molecule has 11 heteroatoms. The lowest BCUT2D eigenvalue weighted by atomic mass is 10.0. The minimum Gasteiger partial charge on any atom is -0.360 e. The first-order valence-electron chi connectivity index (χ1n) is 8.55. The summed E-state index contributed by atoms with van der Waals surface area (Å²) in [6.07, 6.45) is -1.11. The molecule has 1 aromatic heterocycles. The molecule has 0 N–H and O–H groups in total. The fourth-order valence-corrected chi connectivity index (χ4v) is 3.49. The van der Waals surface area contributed by atoms with Gasteiger partial charge in [-0.05, 0) is 24.1 Å². The predicted octanol–water partition coefficient (Wildman–Crippen LogP) is 2.62. The smallest absolute Gasteiger partial charge is 0.360 e. The molecule has 0 aliphatic carbocycles. The molecule has 1 aromatic rings. The van der Waals surface area contributed by atoms with Gasteiger partial charge in [-0.25, -0.2) is 4.79 Å². The van der Waals surface area contributed by atoms with Gasteiger partial charge in [0.2, 0.25) is 0 Å². The lowest BCUT2D eigenvalue weighted by Crippen LogP contribution is -2.41. The molecule has 0 aromatic carbocycles. The van der Waals surface area contributed by atoms with Crippen LogP contribution in [-0.4, -0.2) is 56.2 Å². The Morgan fingerprint density at radius 3 is 2.71 bits per heavy atom. The Morgan fingerprint density at radius 2 is 2.11 bits per heavy atom. The lowest BCUT2D eigenvalue weighted by molar-refractivity contribution is -0.238. The molecule has 1 aliphatic rings. The summed E-state index contributed by atoms with van der Waals surface area (Å²) in [5.41, 5.74) is 1.10. The molecule has 2 heterocycles. The molecule has 1 fully saturated rings. The zero-order valence-electron chi connectivity index (χ0n) is 15.4. The second kappa shape index (κ2) is 9.37. The van der Waals surface area contributed by atoms with E-state index < -0.39 is 12.1 Å². The SMILES string of the molecule is CCC(=O)Cn1ccc(/C=C2\CN(OC(=O)C(F)(F)F)CCC2SC(C)=O)n1. The number of piperidine rings is 1. The van der Waals surface area contributed by atoms with Gasteiger partial charge in [0, 0.05) is 31.3 Å². The molecule has 0 amide bonds. The quantitative estimate of drug-likeness (QED) is 0.701. The molecule has 1 atom stereocenters. The average Bonchev–Trinajstić information content (AvgIpc) is 3.02. The molecule has 1 unspecified atom stereocenters. The summed E-state index contributed by atoms with van der Waals surface area (Å²) >= 11 is 1.07. The summed E-state index contributed by atoms with van der Waals surface area (Å²) in [6.45, 7) is 3.28. The van der Waals surface area contributed by atoms with Gasteiger partial charge in [-0.15, -0.1) is 5.06 Å². The van der Waals surface area contributed by atoms with Gasteiger partial charge < -0.3 is 4.84 Å². The van der Waals surface area contributed by atoms with Crippen molar-refractivity contribution in [2.24, 2.45) is 0 Å². The Morgan fingerprint density at radius 1 is 1.39 bits per heavy atom. The van der Waals surface area contributed by atoms with Gasteiger partial charge in [-0.3, -0.25) is 14.3 Å². The van der Waals surface area contributed by atoms with Crippen LogP contribution in [-0.2, 0) is 25.8 Å². The van der Waals surface area contributed by atoms with Crippen LogP contribution in [0.4, 0.5) is 13.2 Å².